The number of hydrogen-bond donors (Lipinski definition) is 2. The van der Waals surface area contributed by atoms with E-state index in [1.54, 1.807) is 6.07 Å². The number of phenols is 1. The van der Waals surface area contributed by atoms with Crippen LogP contribution in [0.15, 0.2) is 54.7 Å². The van der Waals surface area contributed by atoms with E-state index in [4.69, 9.17) is 16.3 Å². The Morgan fingerprint density at radius 2 is 2.00 bits per heavy atom. The SMILES string of the molecule is Oc1ccccc1CN1CCOCC1c1ncc(-c2ccc(Cl)cc2)[nH]1. The fourth-order valence-corrected chi connectivity index (χ4v) is 3.35. The van der Waals surface area contributed by atoms with Crippen LogP contribution in [-0.4, -0.2) is 39.7 Å². The fraction of sp³-hybridized carbons (Fsp3) is 0.250. The molecule has 2 aromatic carbocycles. The first-order valence-corrected chi connectivity index (χ1v) is 8.98. The summed E-state index contributed by atoms with van der Waals surface area (Å²) in [5.41, 5.74) is 2.89. The molecule has 0 amide bonds. The summed E-state index contributed by atoms with van der Waals surface area (Å²) >= 11 is 5.97. The Labute approximate surface area is 157 Å². The molecule has 1 atom stereocenters. The van der Waals surface area contributed by atoms with Crippen LogP contribution >= 0.6 is 11.6 Å². The molecular weight excluding hydrogens is 350 g/mol. The maximum absolute atomic E-state index is 10.1. The standard InChI is InChI=1S/C20H20ClN3O2/c21-16-7-5-14(6-8-16)17-11-22-20(23-17)18-13-26-10-9-24(18)12-15-3-1-2-4-19(15)25/h1-8,11,18,25H,9-10,12-13H2,(H,22,23). The van der Waals surface area contributed by atoms with Crippen molar-refractivity contribution in [3.05, 3.63) is 71.1 Å². The number of benzene rings is 2. The molecule has 1 saturated heterocycles. The number of aromatic hydroxyl groups is 1. The first kappa shape index (κ1) is 17.1. The number of nitrogens with one attached hydrogen (secondary N) is 1. The monoisotopic (exact) mass is 369 g/mol. The highest BCUT2D eigenvalue weighted by atomic mass is 35.5. The summed E-state index contributed by atoms with van der Waals surface area (Å²) in [4.78, 5) is 10.3. The second-order valence-electron chi connectivity index (χ2n) is 6.38. The summed E-state index contributed by atoms with van der Waals surface area (Å²) in [5.74, 6) is 1.18. The Balaban J connectivity index is 1.57. The van der Waals surface area contributed by atoms with Gasteiger partial charge in [-0.3, -0.25) is 4.90 Å². The molecule has 0 aliphatic carbocycles. The van der Waals surface area contributed by atoms with E-state index in [9.17, 15) is 5.11 Å². The minimum Gasteiger partial charge on any atom is -0.508 e. The van der Waals surface area contributed by atoms with Crippen molar-refractivity contribution in [2.24, 2.45) is 0 Å². The van der Waals surface area contributed by atoms with Crippen molar-refractivity contribution in [2.45, 2.75) is 12.6 Å². The number of aromatic amines is 1. The van der Waals surface area contributed by atoms with Crippen LogP contribution in [0.5, 0.6) is 5.75 Å². The third kappa shape index (κ3) is 3.60. The molecule has 0 radical (unpaired) electrons. The van der Waals surface area contributed by atoms with Crippen LogP contribution < -0.4 is 0 Å². The topological polar surface area (TPSA) is 61.4 Å². The van der Waals surface area contributed by atoms with E-state index in [2.05, 4.69) is 14.9 Å². The van der Waals surface area contributed by atoms with Gasteiger partial charge >= 0.3 is 0 Å². The van der Waals surface area contributed by atoms with E-state index >= 15 is 0 Å². The van der Waals surface area contributed by atoms with Gasteiger partial charge in [-0.1, -0.05) is 41.9 Å². The zero-order chi connectivity index (χ0) is 17.9. The van der Waals surface area contributed by atoms with Crippen LogP contribution in [-0.2, 0) is 11.3 Å². The Kier molecular flexibility index (Phi) is 4.93. The number of phenolic OH excluding ortho intramolecular Hbond substituents is 1. The van der Waals surface area contributed by atoms with Gasteiger partial charge in [0.15, 0.2) is 0 Å². The summed E-state index contributed by atoms with van der Waals surface area (Å²) in [5, 5.41) is 10.8. The Hall–Kier alpha value is -2.34. The van der Waals surface area contributed by atoms with Crippen molar-refractivity contribution in [3.8, 4) is 17.0 Å². The molecule has 0 spiro atoms. The lowest BCUT2D eigenvalue weighted by Gasteiger charge is -2.34. The molecule has 1 aliphatic heterocycles. The van der Waals surface area contributed by atoms with E-state index < -0.39 is 0 Å². The average molecular weight is 370 g/mol. The largest absolute Gasteiger partial charge is 0.508 e. The summed E-state index contributed by atoms with van der Waals surface area (Å²) in [6.45, 7) is 2.68. The maximum Gasteiger partial charge on any atom is 0.126 e. The molecule has 6 heteroatoms. The first-order valence-electron chi connectivity index (χ1n) is 8.60. The van der Waals surface area contributed by atoms with Gasteiger partial charge in [0.2, 0.25) is 0 Å². The van der Waals surface area contributed by atoms with Crippen molar-refractivity contribution in [1.29, 1.82) is 0 Å². The van der Waals surface area contributed by atoms with Crippen molar-refractivity contribution < 1.29 is 9.84 Å². The molecule has 2 heterocycles. The number of H-pyrrole nitrogens is 1. The van der Waals surface area contributed by atoms with Gasteiger partial charge in [0.05, 0.1) is 31.1 Å². The summed E-state index contributed by atoms with van der Waals surface area (Å²) < 4.78 is 5.68. The molecule has 26 heavy (non-hydrogen) atoms. The highest BCUT2D eigenvalue weighted by Crippen LogP contribution is 2.28. The minimum absolute atomic E-state index is 0.0180. The molecule has 134 valence electrons. The third-order valence-corrected chi connectivity index (χ3v) is 4.92. The highest BCUT2D eigenvalue weighted by Gasteiger charge is 2.27. The van der Waals surface area contributed by atoms with E-state index in [0.717, 1.165) is 29.2 Å². The van der Waals surface area contributed by atoms with Gasteiger partial charge in [-0.2, -0.15) is 0 Å². The summed E-state index contributed by atoms with van der Waals surface area (Å²) in [7, 11) is 0. The van der Waals surface area contributed by atoms with E-state index in [0.29, 0.717) is 30.5 Å². The second-order valence-corrected chi connectivity index (χ2v) is 6.82. The number of aromatic nitrogens is 2. The predicted molar refractivity (Wildman–Crippen MR) is 101 cm³/mol. The molecule has 2 N–H and O–H groups in total. The number of hydrogen-bond acceptors (Lipinski definition) is 4. The van der Waals surface area contributed by atoms with Gasteiger partial charge < -0.3 is 14.8 Å². The number of nitrogens with zero attached hydrogens (tertiary/aromatic N) is 2. The van der Waals surface area contributed by atoms with E-state index in [1.165, 1.54) is 0 Å². The molecule has 1 unspecified atom stereocenters. The lowest BCUT2D eigenvalue weighted by Crippen LogP contribution is -2.39. The van der Waals surface area contributed by atoms with Crippen LogP contribution in [0, 0.1) is 0 Å². The average Bonchev–Trinajstić information content (AvgIpc) is 3.15. The molecular formula is C20H20ClN3O2. The summed E-state index contributed by atoms with van der Waals surface area (Å²) in [6.07, 6.45) is 1.84. The van der Waals surface area contributed by atoms with Crippen molar-refractivity contribution in [2.75, 3.05) is 19.8 Å². The quantitative estimate of drug-likeness (QED) is 0.729. The first-order chi connectivity index (χ1) is 12.7. The summed E-state index contributed by atoms with van der Waals surface area (Å²) in [6, 6.07) is 15.1. The van der Waals surface area contributed by atoms with Crippen LogP contribution in [0.3, 0.4) is 0 Å². The van der Waals surface area contributed by atoms with E-state index in [-0.39, 0.29) is 6.04 Å². The fourth-order valence-electron chi connectivity index (χ4n) is 3.22. The Morgan fingerprint density at radius 1 is 1.19 bits per heavy atom. The van der Waals surface area contributed by atoms with Gasteiger partial charge in [-0.15, -0.1) is 0 Å². The second kappa shape index (κ2) is 7.50. The number of morpholine rings is 1. The Bertz CT molecular complexity index is 879. The molecule has 0 bridgehead atoms. The molecule has 3 aromatic rings. The van der Waals surface area contributed by atoms with Crippen LogP contribution in [0.2, 0.25) is 5.02 Å². The molecule has 0 saturated carbocycles. The van der Waals surface area contributed by atoms with Crippen molar-refractivity contribution >= 4 is 11.6 Å². The smallest absolute Gasteiger partial charge is 0.126 e. The van der Waals surface area contributed by atoms with Gasteiger partial charge in [-0.05, 0) is 23.8 Å². The zero-order valence-electron chi connectivity index (χ0n) is 14.2. The van der Waals surface area contributed by atoms with Gasteiger partial charge in [0, 0.05) is 23.7 Å². The Morgan fingerprint density at radius 3 is 2.81 bits per heavy atom. The lowest BCUT2D eigenvalue weighted by molar-refractivity contribution is -0.0158. The lowest BCUT2D eigenvalue weighted by atomic mass is 10.1. The molecule has 4 rings (SSSR count). The van der Waals surface area contributed by atoms with Gasteiger partial charge in [0.25, 0.3) is 0 Å². The predicted octanol–water partition coefficient (Wildman–Crippen LogP) is 4.01. The number of imidazole rings is 1. The number of rotatable bonds is 4. The highest BCUT2D eigenvalue weighted by molar-refractivity contribution is 6.30. The van der Waals surface area contributed by atoms with Crippen LogP contribution in [0.25, 0.3) is 11.3 Å². The van der Waals surface area contributed by atoms with Crippen molar-refractivity contribution in [1.82, 2.24) is 14.9 Å². The number of ether oxygens (including phenoxy) is 1. The van der Waals surface area contributed by atoms with E-state index in [1.807, 2.05) is 48.7 Å². The molecule has 1 aromatic heterocycles. The molecule has 1 fully saturated rings. The third-order valence-electron chi connectivity index (χ3n) is 4.67. The molecule has 5 nitrogen and oxygen atoms in total. The van der Waals surface area contributed by atoms with Crippen molar-refractivity contribution in [3.63, 3.8) is 0 Å². The van der Waals surface area contributed by atoms with Gasteiger partial charge in [-0.25, -0.2) is 4.98 Å². The van der Waals surface area contributed by atoms with Crippen LogP contribution in [0.4, 0.5) is 0 Å². The maximum atomic E-state index is 10.1. The minimum atomic E-state index is 0.0180. The molecule has 1 aliphatic rings. The number of para-hydroxylation sites is 1. The normalized spacial score (nSPS) is 18.1. The number of halogens is 1. The van der Waals surface area contributed by atoms with Crippen LogP contribution in [0.1, 0.15) is 17.4 Å². The zero-order valence-corrected chi connectivity index (χ0v) is 15.0. The van der Waals surface area contributed by atoms with Gasteiger partial charge in [0.1, 0.15) is 11.6 Å².